The highest BCUT2D eigenvalue weighted by atomic mass is 16.5. The molecule has 98 valence electrons. The molecular formula is C14H19NO3. The van der Waals surface area contributed by atoms with Crippen LogP contribution in [0.4, 0.5) is 0 Å². The number of methoxy groups -OCH3 is 1. The van der Waals surface area contributed by atoms with Gasteiger partial charge in [0.05, 0.1) is 13.2 Å². The van der Waals surface area contributed by atoms with Gasteiger partial charge in [0.2, 0.25) is 0 Å². The fraction of sp³-hybridized carbons (Fsp3) is 0.357. The lowest BCUT2D eigenvalue weighted by molar-refractivity contribution is -0.138. The molecule has 1 aromatic carbocycles. The van der Waals surface area contributed by atoms with E-state index in [-0.39, 0.29) is 6.54 Å². The largest absolute Gasteiger partial charge is 0.480 e. The van der Waals surface area contributed by atoms with Crippen molar-refractivity contribution in [1.29, 1.82) is 0 Å². The molecule has 0 radical (unpaired) electrons. The monoisotopic (exact) mass is 249 g/mol. The lowest BCUT2D eigenvalue weighted by atomic mass is 10.1. The summed E-state index contributed by atoms with van der Waals surface area (Å²) in [7, 11) is 1.65. The van der Waals surface area contributed by atoms with E-state index in [4.69, 9.17) is 9.84 Å². The smallest absolute Gasteiger partial charge is 0.317 e. The summed E-state index contributed by atoms with van der Waals surface area (Å²) in [5, 5.41) is 8.83. The summed E-state index contributed by atoms with van der Waals surface area (Å²) < 4.78 is 5.08. The first-order valence-corrected chi connectivity index (χ1v) is 5.77. The molecule has 0 bridgehead atoms. The minimum atomic E-state index is -0.829. The third-order valence-electron chi connectivity index (χ3n) is 2.45. The molecule has 0 aliphatic carbocycles. The number of aliphatic carboxylic acids is 1. The predicted molar refractivity (Wildman–Crippen MR) is 70.3 cm³/mol. The second-order valence-corrected chi connectivity index (χ2v) is 4.10. The van der Waals surface area contributed by atoms with E-state index < -0.39 is 5.97 Å². The Bertz CT molecular complexity index is 404. The summed E-state index contributed by atoms with van der Waals surface area (Å²) in [5.74, 6) is -0.829. The van der Waals surface area contributed by atoms with Gasteiger partial charge in [-0.2, -0.15) is 0 Å². The molecule has 0 fully saturated rings. The highest BCUT2D eigenvalue weighted by Gasteiger charge is 2.08. The van der Waals surface area contributed by atoms with Gasteiger partial charge in [-0.15, -0.1) is 6.58 Å². The lowest BCUT2D eigenvalue weighted by Gasteiger charge is -2.18. The highest BCUT2D eigenvalue weighted by molar-refractivity contribution is 5.69. The van der Waals surface area contributed by atoms with Crippen LogP contribution in [0.5, 0.6) is 0 Å². The van der Waals surface area contributed by atoms with Crippen molar-refractivity contribution in [2.45, 2.75) is 13.2 Å². The van der Waals surface area contributed by atoms with E-state index in [1.54, 1.807) is 13.2 Å². The van der Waals surface area contributed by atoms with Crippen LogP contribution >= 0.6 is 0 Å². The van der Waals surface area contributed by atoms with Crippen molar-refractivity contribution in [3.05, 3.63) is 48.0 Å². The maximum absolute atomic E-state index is 10.7. The zero-order valence-electron chi connectivity index (χ0n) is 10.6. The normalized spacial score (nSPS) is 10.6. The minimum Gasteiger partial charge on any atom is -0.480 e. The first-order chi connectivity index (χ1) is 8.65. The van der Waals surface area contributed by atoms with Gasteiger partial charge in [-0.05, 0) is 11.1 Å². The molecule has 0 atom stereocenters. The Balaban J connectivity index is 2.69. The Labute approximate surface area is 107 Å². The maximum atomic E-state index is 10.7. The van der Waals surface area contributed by atoms with E-state index in [0.717, 1.165) is 11.1 Å². The quantitative estimate of drug-likeness (QED) is 0.715. The minimum absolute atomic E-state index is 0.0144. The molecule has 4 heteroatoms. The molecule has 1 aromatic rings. The molecule has 4 nitrogen and oxygen atoms in total. The van der Waals surface area contributed by atoms with E-state index in [0.29, 0.717) is 19.7 Å². The van der Waals surface area contributed by atoms with Gasteiger partial charge < -0.3 is 9.84 Å². The number of carboxylic acids is 1. The van der Waals surface area contributed by atoms with Gasteiger partial charge in [0.25, 0.3) is 0 Å². The van der Waals surface area contributed by atoms with Gasteiger partial charge in [-0.25, -0.2) is 0 Å². The molecule has 0 saturated carbocycles. The average molecular weight is 249 g/mol. The first kappa shape index (κ1) is 14.4. The van der Waals surface area contributed by atoms with Crippen molar-refractivity contribution in [1.82, 2.24) is 4.90 Å². The number of benzene rings is 1. The summed E-state index contributed by atoms with van der Waals surface area (Å²) in [6, 6.07) is 7.96. The Hall–Kier alpha value is -1.65. The van der Waals surface area contributed by atoms with Crippen molar-refractivity contribution in [2.75, 3.05) is 20.2 Å². The van der Waals surface area contributed by atoms with Crippen LogP contribution in [0.25, 0.3) is 0 Å². The summed E-state index contributed by atoms with van der Waals surface area (Å²) in [6.07, 6.45) is 1.71. The molecule has 18 heavy (non-hydrogen) atoms. The van der Waals surface area contributed by atoms with E-state index in [1.165, 1.54) is 0 Å². The summed E-state index contributed by atoms with van der Waals surface area (Å²) >= 11 is 0. The van der Waals surface area contributed by atoms with Crippen LogP contribution in [0.15, 0.2) is 36.9 Å². The summed E-state index contributed by atoms with van der Waals surface area (Å²) in [5.41, 5.74) is 2.16. The SMILES string of the molecule is C=CCN(CC(=O)O)Cc1cccc(COC)c1. The van der Waals surface area contributed by atoms with Crippen LogP contribution in [-0.2, 0) is 22.7 Å². The van der Waals surface area contributed by atoms with Crippen molar-refractivity contribution >= 4 is 5.97 Å². The lowest BCUT2D eigenvalue weighted by Crippen LogP contribution is -2.29. The topological polar surface area (TPSA) is 49.8 Å². The highest BCUT2D eigenvalue weighted by Crippen LogP contribution is 2.09. The Morgan fingerprint density at radius 1 is 1.50 bits per heavy atom. The van der Waals surface area contributed by atoms with Crippen LogP contribution in [0.2, 0.25) is 0 Å². The van der Waals surface area contributed by atoms with E-state index in [1.807, 2.05) is 29.2 Å². The van der Waals surface area contributed by atoms with E-state index in [2.05, 4.69) is 6.58 Å². The Morgan fingerprint density at radius 3 is 2.83 bits per heavy atom. The number of rotatable bonds is 8. The third-order valence-corrected chi connectivity index (χ3v) is 2.45. The molecule has 0 heterocycles. The van der Waals surface area contributed by atoms with E-state index in [9.17, 15) is 4.79 Å². The molecule has 0 amide bonds. The molecule has 1 rings (SSSR count). The van der Waals surface area contributed by atoms with Crippen molar-refractivity contribution in [3.63, 3.8) is 0 Å². The van der Waals surface area contributed by atoms with Gasteiger partial charge >= 0.3 is 5.97 Å². The zero-order valence-corrected chi connectivity index (χ0v) is 10.6. The molecule has 0 saturated heterocycles. The number of carbonyl (C=O) groups is 1. The average Bonchev–Trinajstić information content (AvgIpc) is 2.29. The van der Waals surface area contributed by atoms with E-state index >= 15 is 0 Å². The number of hydrogen-bond donors (Lipinski definition) is 1. The summed E-state index contributed by atoms with van der Waals surface area (Å²) in [4.78, 5) is 12.6. The van der Waals surface area contributed by atoms with Crippen molar-refractivity contribution in [3.8, 4) is 0 Å². The second-order valence-electron chi connectivity index (χ2n) is 4.10. The van der Waals surface area contributed by atoms with Crippen LogP contribution in [-0.4, -0.2) is 36.2 Å². The second kappa shape index (κ2) is 7.63. The predicted octanol–water partition coefficient (Wildman–Crippen LogP) is 1.91. The van der Waals surface area contributed by atoms with Crippen molar-refractivity contribution < 1.29 is 14.6 Å². The van der Waals surface area contributed by atoms with Crippen LogP contribution in [0.3, 0.4) is 0 Å². The first-order valence-electron chi connectivity index (χ1n) is 5.77. The fourth-order valence-corrected chi connectivity index (χ4v) is 1.80. The third kappa shape index (κ3) is 5.12. The number of ether oxygens (including phenoxy) is 1. The van der Waals surface area contributed by atoms with Crippen LogP contribution < -0.4 is 0 Å². The van der Waals surface area contributed by atoms with Gasteiger partial charge in [0, 0.05) is 20.2 Å². The summed E-state index contributed by atoms with van der Waals surface area (Å²) in [6.45, 7) is 5.37. The molecule has 0 unspecified atom stereocenters. The molecule has 1 N–H and O–H groups in total. The molecule has 0 aliphatic heterocycles. The standard InChI is InChI=1S/C14H19NO3/c1-3-7-15(10-14(16)17)9-12-5-4-6-13(8-12)11-18-2/h3-6,8H,1,7,9-11H2,2H3,(H,16,17). The van der Waals surface area contributed by atoms with Crippen LogP contribution in [0, 0.1) is 0 Å². The molecule has 0 aromatic heterocycles. The van der Waals surface area contributed by atoms with Gasteiger partial charge in [0.15, 0.2) is 0 Å². The molecule has 0 spiro atoms. The number of carboxylic acid groups (broad SMARTS) is 1. The van der Waals surface area contributed by atoms with Gasteiger partial charge in [-0.3, -0.25) is 9.69 Å². The zero-order chi connectivity index (χ0) is 13.4. The van der Waals surface area contributed by atoms with Gasteiger partial charge in [-0.1, -0.05) is 30.3 Å². The molecular weight excluding hydrogens is 230 g/mol. The fourth-order valence-electron chi connectivity index (χ4n) is 1.80. The van der Waals surface area contributed by atoms with Gasteiger partial charge in [0.1, 0.15) is 0 Å². The maximum Gasteiger partial charge on any atom is 0.317 e. The number of nitrogens with zero attached hydrogens (tertiary/aromatic N) is 1. The Morgan fingerprint density at radius 2 is 2.22 bits per heavy atom. The van der Waals surface area contributed by atoms with Crippen LogP contribution in [0.1, 0.15) is 11.1 Å². The Kier molecular flexibility index (Phi) is 6.11. The van der Waals surface area contributed by atoms with Crippen molar-refractivity contribution in [2.24, 2.45) is 0 Å². The number of hydrogen-bond acceptors (Lipinski definition) is 3. The molecule has 0 aliphatic rings.